The number of benzene rings is 2. The predicted octanol–water partition coefficient (Wildman–Crippen LogP) is 4.73. The van der Waals surface area contributed by atoms with Crippen molar-refractivity contribution in [1.82, 2.24) is 0 Å². The molecule has 92 valence electrons. The van der Waals surface area contributed by atoms with E-state index in [1.807, 2.05) is 31.2 Å². The van der Waals surface area contributed by atoms with Gasteiger partial charge >= 0.3 is 0 Å². The van der Waals surface area contributed by atoms with E-state index in [1.54, 1.807) is 18.2 Å². The molecule has 0 spiro atoms. The zero-order chi connectivity index (χ0) is 13.1. The Morgan fingerprint density at radius 3 is 2.50 bits per heavy atom. The lowest BCUT2D eigenvalue weighted by Crippen LogP contribution is -2.03. The molecule has 0 radical (unpaired) electrons. The van der Waals surface area contributed by atoms with E-state index in [1.165, 1.54) is 0 Å². The Morgan fingerprint density at radius 1 is 1.06 bits per heavy atom. The molecular formula is C15H12Cl2O. The molecule has 2 aromatic carbocycles. The highest BCUT2D eigenvalue weighted by molar-refractivity contribution is 6.31. The van der Waals surface area contributed by atoms with Crippen molar-refractivity contribution in [3.8, 4) is 0 Å². The lowest BCUT2D eigenvalue weighted by Gasteiger charge is -2.04. The van der Waals surface area contributed by atoms with Crippen molar-refractivity contribution in [3.63, 3.8) is 0 Å². The molecule has 0 N–H and O–H groups in total. The minimum absolute atomic E-state index is 0.0443. The Kier molecular flexibility index (Phi) is 4.05. The Labute approximate surface area is 116 Å². The number of carbonyl (C=O) groups is 1. The molecule has 0 aliphatic heterocycles. The highest BCUT2D eigenvalue weighted by Gasteiger charge is 2.08. The van der Waals surface area contributed by atoms with E-state index >= 15 is 0 Å². The van der Waals surface area contributed by atoms with E-state index in [2.05, 4.69) is 0 Å². The Morgan fingerprint density at radius 2 is 1.83 bits per heavy atom. The summed E-state index contributed by atoms with van der Waals surface area (Å²) in [5.41, 5.74) is 2.53. The van der Waals surface area contributed by atoms with Gasteiger partial charge in [-0.15, -0.1) is 0 Å². The van der Waals surface area contributed by atoms with Gasteiger partial charge in [0.2, 0.25) is 0 Å². The molecule has 0 heterocycles. The molecule has 0 aliphatic carbocycles. The number of hydrogen-bond acceptors (Lipinski definition) is 1. The molecule has 0 atom stereocenters. The zero-order valence-electron chi connectivity index (χ0n) is 9.91. The molecular weight excluding hydrogens is 267 g/mol. The maximum absolute atomic E-state index is 12.1. The Balaban J connectivity index is 2.22. The highest BCUT2D eigenvalue weighted by Crippen LogP contribution is 2.17. The van der Waals surface area contributed by atoms with Crippen LogP contribution < -0.4 is 0 Å². The summed E-state index contributed by atoms with van der Waals surface area (Å²) in [6.45, 7) is 1.92. The van der Waals surface area contributed by atoms with Gasteiger partial charge in [-0.1, -0.05) is 35.3 Å². The topological polar surface area (TPSA) is 17.1 Å². The van der Waals surface area contributed by atoms with Crippen LogP contribution in [0.5, 0.6) is 0 Å². The summed E-state index contributed by atoms with van der Waals surface area (Å²) in [6, 6.07) is 12.7. The smallest absolute Gasteiger partial charge is 0.167 e. The van der Waals surface area contributed by atoms with Crippen molar-refractivity contribution < 1.29 is 4.79 Å². The van der Waals surface area contributed by atoms with Crippen LogP contribution in [0.25, 0.3) is 0 Å². The molecule has 1 nitrogen and oxygen atoms in total. The van der Waals surface area contributed by atoms with Crippen LogP contribution in [0.1, 0.15) is 21.5 Å². The number of aryl methyl sites for hydroxylation is 1. The van der Waals surface area contributed by atoms with Crippen LogP contribution in [0.15, 0.2) is 42.5 Å². The van der Waals surface area contributed by atoms with Crippen LogP contribution in [0.3, 0.4) is 0 Å². The molecule has 2 aromatic rings. The molecule has 0 unspecified atom stereocenters. The van der Waals surface area contributed by atoms with Gasteiger partial charge in [-0.2, -0.15) is 0 Å². The fourth-order valence-corrected chi connectivity index (χ4v) is 2.33. The van der Waals surface area contributed by atoms with Gasteiger partial charge in [-0.05, 0) is 48.4 Å². The van der Waals surface area contributed by atoms with Crippen molar-refractivity contribution in [1.29, 1.82) is 0 Å². The first-order chi connectivity index (χ1) is 8.54. The third-order valence-corrected chi connectivity index (χ3v) is 3.07. The van der Waals surface area contributed by atoms with Crippen LogP contribution in [-0.4, -0.2) is 5.78 Å². The monoisotopic (exact) mass is 278 g/mol. The molecule has 0 saturated heterocycles. The van der Waals surface area contributed by atoms with Gasteiger partial charge in [0.05, 0.1) is 0 Å². The van der Waals surface area contributed by atoms with Crippen LogP contribution in [0.4, 0.5) is 0 Å². The lowest BCUT2D eigenvalue weighted by molar-refractivity contribution is 0.0993. The maximum Gasteiger partial charge on any atom is 0.167 e. The number of carbonyl (C=O) groups excluding carboxylic acids is 1. The Bertz CT molecular complexity index is 571. The average molecular weight is 279 g/mol. The normalized spacial score (nSPS) is 10.4. The summed E-state index contributed by atoms with van der Waals surface area (Å²) in [6.07, 6.45) is 0.334. The molecule has 3 heteroatoms. The van der Waals surface area contributed by atoms with Gasteiger partial charge in [0.1, 0.15) is 0 Å². The van der Waals surface area contributed by atoms with E-state index in [9.17, 15) is 4.79 Å². The summed E-state index contributed by atoms with van der Waals surface area (Å²) in [5, 5.41) is 1.23. The molecule has 0 aliphatic rings. The molecule has 0 saturated carbocycles. The highest BCUT2D eigenvalue weighted by atomic mass is 35.5. The number of ketones is 1. The number of halogens is 2. The summed E-state index contributed by atoms with van der Waals surface area (Å²) < 4.78 is 0. The SMILES string of the molecule is Cc1cc(Cl)cc(C(=O)Cc2cccc(Cl)c2)c1. The van der Waals surface area contributed by atoms with Crippen molar-refractivity contribution >= 4 is 29.0 Å². The van der Waals surface area contributed by atoms with Crippen LogP contribution in [0.2, 0.25) is 10.0 Å². The van der Waals surface area contributed by atoms with E-state index in [0.717, 1.165) is 11.1 Å². The standard InChI is InChI=1S/C15H12Cl2O/c1-10-5-12(9-14(17)6-10)15(18)8-11-3-2-4-13(16)7-11/h2-7,9H,8H2,1H3. The van der Waals surface area contributed by atoms with E-state index in [0.29, 0.717) is 22.0 Å². The third-order valence-electron chi connectivity index (χ3n) is 2.62. The number of hydrogen-bond donors (Lipinski definition) is 0. The zero-order valence-corrected chi connectivity index (χ0v) is 11.4. The van der Waals surface area contributed by atoms with Crippen molar-refractivity contribution in [2.75, 3.05) is 0 Å². The maximum atomic E-state index is 12.1. The average Bonchev–Trinajstić information content (AvgIpc) is 2.27. The quantitative estimate of drug-likeness (QED) is 0.742. The minimum atomic E-state index is 0.0443. The first kappa shape index (κ1) is 13.1. The predicted molar refractivity (Wildman–Crippen MR) is 75.7 cm³/mol. The van der Waals surface area contributed by atoms with Crippen molar-refractivity contribution in [2.45, 2.75) is 13.3 Å². The van der Waals surface area contributed by atoms with E-state index < -0.39 is 0 Å². The fourth-order valence-electron chi connectivity index (χ4n) is 1.83. The minimum Gasteiger partial charge on any atom is -0.294 e. The second-order valence-electron chi connectivity index (χ2n) is 4.25. The summed E-state index contributed by atoms with van der Waals surface area (Å²) >= 11 is 11.8. The fraction of sp³-hybridized carbons (Fsp3) is 0.133. The van der Waals surface area contributed by atoms with Gasteiger partial charge in [0.25, 0.3) is 0 Å². The van der Waals surface area contributed by atoms with E-state index in [4.69, 9.17) is 23.2 Å². The second kappa shape index (κ2) is 5.55. The molecule has 0 amide bonds. The molecule has 0 aromatic heterocycles. The van der Waals surface area contributed by atoms with Gasteiger partial charge in [0.15, 0.2) is 5.78 Å². The van der Waals surface area contributed by atoms with Gasteiger partial charge in [-0.25, -0.2) is 0 Å². The first-order valence-electron chi connectivity index (χ1n) is 5.59. The largest absolute Gasteiger partial charge is 0.294 e. The molecule has 0 fully saturated rings. The van der Waals surface area contributed by atoms with Gasteiger partial charge in [-0.3, -0.25) is 4.79 Å². The molecule has 0 bridgehead atoms. The molecule has 18 heavy (non-hydrogen) atoms. The number of rotatable bonds is 3. The summed E-state index contributed by atoms with van der Waals surface area (Å²) in [4.78, 5) is 12.1. The summed E-state index contributed by atoms with van der Waals surface area (Å²) in [5.74, 6) is 0.0443. The summed E-state index contributed by atoms with van der Waals surface area (Å²) in [7, 11) is 0. The van der Waals surface area contributed by atoms with Crippen molar-refractivity contribution in [3.05, 3.63) is 69.2 Å². The van der Waals surface area contributed by atoms with Crippen LogP contribution in [0, 0.1) is 6.92 Å². The lowest BCUT2D eigenvalue weighted by atomic mass is 10.0. The second-order valence-corrected chi connectivity index (χ2v) is 5.12. The Hall–Kier alpha value is -1.31. The van der Waals surface area contributed by atoms with E-state index in [-0.39, 0.29) is 5.78 Å². The first-order valence-corrected chi connectivity index (χ1v) is 6.35. The van der Waals surface area contributed by atoms with Gasteiger partial charge < -0.3 is 0 Å². The van der Waals surface area contributed by atoms with Crippen LogP contribution >= 0.6 is 23.2 Å². The van der Waals surface area contributed by atoms with Crippen molar-refractivity contribution in [2.24, 2.45) is 0 Å². The molecule has 2 rings (SSSR count). The third kappa shape index (κ3) is 3.34. The van der Waals surface area contributed by atoms with Gasteiger partial charge in [0, 0.05) is 22.0 Å². The van der Waals surface area contributed by atoms with Crippen LogP contribution in [-0.2, 0) is 6.42 Å². The number of Topliss-reactive ketones (excluding diaryl/α,β-unsaturated/α-hetero) is 1.